The summed E-state index contributed by atoms with van der Waals surface area (Å²) in [5.74, 6) is -0.828. The summed E-state index contributed by atoms with van der Waals surface area (Å²) in [6.45, 7) is 3.46. The highest BCUT2D eigenvalue weighted by molar-refractivity contribution is 7.09. The minimum atomic E-state index is -0.382. The number of nitrogens with one attached hydrogen (secondary N) is 1. The predicted molar refractivity (Wildman–Crippen MR) is 99.7 cm³/mol. The number of hydrogen-bond acceptors (Lipinski definition) is 5. The van der Waals surface area contributed by atoms with E-state index in [0.717, 1.165) is 17.1 Å². The van der Waals surface area contributed by atoms with E-state index in [1.165, 1.54) is 12.1 Å². The summed E-state index contributed by atoms with van der Waals surface area (Å²) in [6.07, 6.45) is 0.801. The number of halogens is 1. The number of aromatic nitrogens is 1. The summed E-state index contributed by atoms with van der Waals surface area (Å²) in [6, 6.07) is 5.87. The Morgan fingerprint density at radius 2 is 2.30 bits per heavy atom. The Kier molecular flexibility index (Phi) is 6.52. The lowest BCUT2D eigenvalue weighted by Gasteiger charge is -2.17. The van der Waals surface area contributed by atoms with Gasteiger partial charge >= 0.3 is 0 Å². The number of ether oxygens (including phenoxy) is 1. The van der Waals surface area contributed by atoms with Crippen molar-refractivity contribution in [1.82, 2.24) is 15.2 Å². The lowest BCUT2D eigenvalue weighted by Crippen LogP contribution is -2.40. The predicted octanol–water partition coefficient (Wildman–Crippen LogP) is 2.07. The van der Waals surface area contributed by atoms with Crippen LogP contribution in [0.15, 0.2) is 29.6 Å². The van der Waals surface area contributed by atoms with Crippen molar-refractivity contribution in [1.29, 1.82) is 0 Å². The third kappa shape index (κ3) is 5.83. The maximum Gasteiger partial charge on any atom is 0.242 e. The lowest BCUT2D eigenvalue weighted by molar-refractivity contribution is -0.132. The normalized spacial score (nSPS) is 16.5. The SMILES string of the molecule is Cc1nc(CO[C@@H]2CCN(C(=O)CNC(=O)Cc3cccc(F)c3)C2)cs1. The molecule has 1 aromatic heterocycles. The fraction of sp³-hybridized carbons (Fsp3) is 0.421. The molecule has 27 heavy (non-hydrogen) atoms. The molecule has 0 bridgehead atoms. The number of carbonyl (C=O) groups excluding carboxylic acids is 2. The van der Waals surface area contributed by atoms with Gasteiger partial charge < -0.3 is 15.0 Å². The number of thiazole rings is 1. The van der Waals surface area contributed by atoms with Crippen molar-refractivity contribution in [3.05, 3.63) is 51.7 Å². The number of likely N-dealkylation sites (tertiary alicyclic amines) is 1. The summed E-state index contributed by atoms with van der Waals surface area (Å²) in [5.41, 5.74) is 1.48. The molecule has 3 rings (SSSR count). The molecule has 1 aliphatic heterocycles. The Bertz CT molecular complexity index is 811. The second kappa shape index (κ2) is 9.05. The van der Waals surface area contributed by atoms with E-state index < -0.39 is 0 Å². The fourth-order valence-electron chi connectivity index (χ4n) is 2.95. The Hall–Kier alpha value is -2.32. The van der Waals surface area contributed by atoms with Crippen LogP contribution in [0.25, 0.3) is 0 Å². The first-order chi connectivity index (χ1) is 13.0. The molecule has 2 aromatic rings. The molecule has 0 radical (unpaired) electrons. The lowest BCUT2D eigenvalue weighted by atomic mass is 10.1. The van der Waals surface area contributed by atoms with E-state index >= 15 is 0 Å². The molecule has 0 unspecified atom stereocenters. The standard InChI is InChI=1S/C19H22FN3O3S/c1-13-22-16(12-27-13)11-26-17-5-6-23(10-17)19(25)9-21-18(24)8-14-3-2-4-15(20)7-14/h2-4,7,12,17H,5-6,8-11H2,1H3,(H,21,24)/t17-/m1/s1. The summed E-state index contributed by atoms with van der Waals surface area (Å²) >= 11 is 1.59. The smallest absolute Gasteiger partial charge is 0.242 e. The molecule has 0 saturated carbocycles. The zero-order valence-corrected chi connectivity index (χ0v) is 15.9. The zero-order valence-electron chi connectivity index (χ0n) is 15.1. The Morgan fingerprint density at radius 1 is 1.44 bits per heavy atom. The van der Waals surface area contributed by atoms with E-state index in [9.17, 15) is 14.0 Å². The molecule has 144 valence electrons. The number of aryl methyl sites for hydroxylation is 1. The number of rotatable bonds is 7. The van der Waals surface area contributed by atoms with Gasteiger partial charge in [0.1, 0.15) is 5.82 Å². The number of amides is 2. The topological polar surface area (TPSA) is 71.5 Å². The van der Waals surface area contributed by atoms with Gasteiger partial charge in [-0.25, -0.2) is 9.37 Å². The van der Waals surface area contributed by atoms with Crippen molar-refractivity contribution in [2.45, 2.75) is 32.5 Å². The Labute approximate surface area is 161 Å². The monoisotopic (exact) mass is 391 g/mol. The van der Waals surface area contributed by atoms with Gasteiger partial charge in [-0.1, -0.05) is 12.1 Å². The molecule has 1 N–H and O–H groups in total. The molecular weight excluding hydrogens is 369 g/mol. The van der Waals surface area contributed by atoms with E-state index in [4.69, 9.17) is 4.74 Å². The van der Waals surface area contributed by atoms with E-state index in [1.54, 1.807) is 28.4 Å². The van der Waals surface area contributed by atoms with Crippen molar-refractivity contribution >= 4 is 23.2 Å². The van der Waals surface area contributed by atoms with Crippen LogP contribution in [0.1, 0.15) is 22.7 Å². The van der Waals surface area contributed by atoms with Gasteiger partial charge in [0.25, 0.3) is 0 Å². The first-order valence-electron chi connectivity index (χ1n) is 8.81. The van der Waals surface area contributed by atoms with Gasteiger partial charge in [-0.2, -0.15) is 0 Å². The van der Waals surface area contributed by atoms with Gasteiger partial charge in [0, 0.05) is 18.5 Å². The zero-order chi connectivity index (χ0) is 19.2. The molecule has 6 nitrogen and oxygen atoms in total. The van der Waals surface area contributed by atoms with Gasteiger partial charge in [-0.05, 0) is 31.0 Å². The summed E-state index contributed by atoms with van der Waals surface area (Å²) in [5, 5.41) is 5.58. The van der Waals surface area contributed by atoms with Crippen LogP contribution < -0.4 is 5.32 Å². The summed E-state index contributed by atoms with van der Waals surface area (Å²) < 4.78 is 19.0. The van der Waals surface area contributed by atoms with Crippen LogP contribution in [0, 0.1) is 12.7 Å². The Morgan fingerprint density at radius 3 is 3.04 bits per heavy atom. The largest absolute Gasteiger partial charge is 0.370 e. The van der Waals surface area contributed by atoms with Gasteiger partial charge in [-0.3, -0.25) is 9.59 Å². The van der Waals surface area contributed by atoms with Crippen molar-refractivity contribution in [3.63, 3.8) is 0 Å². The van der Waals surface area contributed by atoms with Crippen LogP contribution in [0.3, 0.4) is 0 Å². The Balaban J connectivity index is 1.37. The fourth-order valence-corrected chi connectivity index (χ4v) is 3.55. The maximum absolute atomic E-state index is 13.1. The second-order valence-electron chi connectivity index (χ2n) is 6.50. The van der Waals surface area contributed by atoms with Gasteiger partial charge in [0.2, 0.25) is 11.8 Å². The first kappa shape index (κ1) is 19.4. The number of carbonyl (C=O) groups is 2. The molecule has 1 aliphatic rings. The quantitative estimate of drug-likeness (QED) is 0.784. The van der Waals surface area contributed by atoms with Gasteiger partial charge in [-0.15, -0.1) is 11.3 Å². The van der Waals surface area contributed by atoms with Crippen LogP contribution in [-0.2, 0) is 27.4 Å². The summed E-state index contributed by atoms with van der Waals surface area (Å²) in [7, 11) is 0. The van der Waals surface area contributed by atoms with Crippen molar-refractivity contribution in [2.24, 2.45) is 0 Å². The molecule has 1 atom stereocenters. The minimum Gasteiger partial charge on any atom is -0.370 e. The molecule has 1 saturated heterocycles. The highest BCUT2D eigenvalue weighted by atomic mass is 32.1. The molecule has 2 amide bonds. The van der Waals surface area contributed by atoms with E-state index in [2.05, 4.69) is 10.3 Å². The third-order valence-corrected chi connectivity index (χ3v) is 5.14. The average Bonchev–Trinajstić information content (AvgIpc) is 3.27. The molecule has 8 heteroatoms. The van der Waals surface area contributed by atoms with Crippen LogP contribution >= 0.6 is 11.3 Å². The van der Waals surface area contributed by atoms with Crippen molar-refractivity contribution in [3.8, 4) is 0 Å². The van der Waals surface area contributed by atoms with Gasteiger partial charge in [0.15, 0.2) is 0 Å². The number of hydrogen-bond donors (Lipinski definition) is 1. The van der Waals surface area contributed by atoms with Crippen molar-refractivity contribution in [2.75, 3.05) is 19.6 Å². The molecule has 0 spiro atoms. The van der Waals surface area contributed by atoms with E-state index in [1.807, 2.05) is 12.3 Å². The van der Waals surface area contributed by atoms with E-state index in [-0.39, 0.29) is 36.7 Å². The molecule has 2 heterocycles. The second-order valence-corrected chi connectivity index (χ2v) is 7.56. The first-order valence-corrected chi connectivity index (χ1v) is 9.69. The average molecular weight is 391 g/mol. The van der Waals surface area contributed by atoms with Crippen LogP contribution in [0.2, 0.25) is 0 Å². The highest BCUT2D eigenvalue weighted by Gasteiger charge is 2.27. The van der Waals surface area contributed by atoms with Crippen LogP contribution in [0.5, 0.6) is 0 Å². The minimum absolute atomic E-state index is 0.0149. The maximum atomic E-state index is 13.1. The molecular formula is C19H22FN3O3S. The van der Waals surface area contributed by atoms with E-state index in [0.29, 0.717) is 25.3 Å². The number of benzene rings is 1. The molecule has 0 aliphatic carbocycles. The van der Waals surface area contributed by atoms with Crippen molar-refractivity contribution < 1.29 is 18.7 Å². The highest BCUT2D eigenvalue weighted by Crippen LogP contribution is 2.16. The number of nitrogens with zero attached hydrogens (tertiary/aromatic N) is 2. The van der Waals surface area contributed by atoms with Crippen LogP contribution in [0.4, 0.5) is 4.39 Å². The molecule has 1 fully saturated rings. The van der Waals surface area contributed by atoms with Gasteiger partial charge in [0.05, 0.1) is 36.4 Å². The summed E-state index contributed by atoms with van der Waals surface area (Å²) in [4.78, 5) is 30.2. The molecule has 1 aromatic carbocycles. The van der Waals surface area contributed by atoms with Crippen LogP contribution in [-0.4, -0.2) is 47.4 Å². The third-order valence-electron chi connectivity index (χ3n) is 4.32.